The van der Waals surface area contributed by atoms with E-state index in [-0.39, 0.29) is 17.5 Å². The van der Waals surface area contributed by atoms with Crippen LogP contribution in [0.5, 0.6) is 11.5 Å². The lowest BCUT2D eigenvalue weighted by molar-refractivity contribution is -0.141. The number of ether oxygens (including phenoxy) is 2. The minimum atomic E-state index is -0.958. The number of methoxy groups -OCH3 is 2. The lowest BCUT2D eigenvalue weighted by atomic mass is 10.1. The molecule has 0 aliphatic rings. The third-order valence-corrected chi connectivity index (χ3v) is 3.28. The second-order valence-electron chi connectivity index (χ2n) is 4.62. The van der Waals surface area contributed by atoms with Crippen LogP contribution in [0.1, 0.15) is 17.3 Å². The monoisotopic (exact) mass is 315 g/mol. The number of rotatable bonds is 6. The number of halogens is 1. The number of carbonyl (C=O) groups is 2. The van der Waals surface area contributed by atoms with E-state index in [0.717, 1.165) is 0 Å². The van der Waals surface area contributed by atoms with Crippen LogP contribution in [-0.4, -0.2) is 49.7 Å². The molecule has 1 aromatic carbocycles. The number of nitrogens with zero attached hydrogens (tertiary/aromatic N) is 1. The van der Waals surface area contributed by atoms with Crippen LogP contribution < -0.4 is 9.47 Å². The Morgan fingerprint density at radius 2 is 1.95 bits per heavy atom. The molecule has 0 radical (unpaired) electrons. The van der Waals surface area contributed by atoms with E-state index >= 15 is 0 Å². The van der Waals surface area contributed by atoms with Crippen LogP contribution in [0.4, 0.5) is 0 Å². The summed E-state index contributed by atoms with van der Waals surface area (Å²) in [4.78, 5) is 24.5. The van der Waals surface area contributed by atoms with E-state index in [2.05, 4.69) is 0 Å². The van der Waals surface area contributed by atoms with Crippen molar-refractivity contribution in [1.82, 2.24) is 4.90 Å². The number of amides is 1. The maximum Gasteiger partial charge on any atom is 0.308 e. The predicted molar refractivity (Wildman–Crippen MR) is 78.3 cm³/mol. The summed E-state index contributed by atoms with van der Waals surface area (Å²) in [6.45, 7) is 1.63. The standard InChI is InChI=1S/C14H18ClNO5/c1-8(14(18)19)7-16(2)13(17)9-5-10(15)12(21-4)11(6-9)20-3/h5-6,8H,7H2,1-4H3,(H,18,19)/t8-/m0/s1. The van der Waals surface area contributed by atoms with Crippen LogP contribution in [0, 0.1) is 5.92 Å². The zero-order chi connectivity index (χ0) is 16.2. The van der Waals surface area contributed by atoms with Crippen LogP contribution in [0.3, 0.4) is 0 Å². The lowest BCUT2D eigenvalue weighted by Gasteiger charge is -2.20. The van der Waals surface area contributed by atoms with E-state index in [1.807, 2.05) is 0 Å². The number of hydrogen-bond acceptors (Lipinski definition) is 4. The van der Waals surface area contributed by atoms with Gasteiger partial charge in [-0.3, -0.25) is 9.59 Å². The Morgan fingerprint density at radius 3 is 2.43 bits per heavy atom. The molecule has 6 nitrogen and oxygen atoms in total. The molecule has 0 aromatic heterocycles. The summed E-state index contributed by atoms with van der Waals surface area (Å²) in [6, 6.07) is 2.97. The lowest BCUT2D eigenvalue weighted by Crippen LogP contribution is -2.33. The highest BCUT2D eigenvalue weighted by molar-refractivity contribution is 6.32. The van der Waals surface area contributed by atoms with Crippen molar-refractivity contribution in [2.24, 2.45) is 5.92 Å². The van der Waals surface area contributed by atoms with Crippen molar-refractivity contribution in [3.8, 4) is 11.5 Å². The quantitative estimate of drug-likeness (QED) is 0.870. The fourth-order valence-corrected chi connectivity index (χ4v) is 2.12. The first-order chi connectivity index (χ1) is 9.81. The Morgan fingerprint density at radius 1 is 1.33 bits per heavy atom. The number of carboxylic acid groups (broad SMARTS) is 1. The van der Waals surface area contributed by atoms with Crippen LogP contribution in [0.25, 0.3) is 0 Å². The first-order valence-electron chi connectivity index (χ1n) is 6.21. The third-order valence-electron chi connectivity index (χ3n) is 3.00. The Bertz CT molecular complexity index is 546. The number of hydrogen-bond donors (Lipinski definition) is 1. The van der Waals surface area contributed by atoms with Gasteiger partial charge < -0.3 is 19.5 Å². The molecule has 0 fully saturated rings. The molecule has 0 spiro atoms. The minimum absolute atomic E-state index is 0.0974. The predicted octanol–water partition coefficient (Wildman–Crippen LogP) is 2.15. The van der Waals surface area contributed by atoms with E-state index < -0.39 is 11.9 Å². The SMILES string of the molecule is COc1cc(C(=O)N(C)C[C@H](C)C(=O)O)cc(Cl)c1OC. The molecule has 0 aliphatic carbocycles. The number of aliphatic carboxylic acids is 1. The van der Waals surface area contributed by atoms with Gasteiger partial charge in [0.1, 0.15) is 0 Å². The molecule has 1 aromatic rings. The molecule has 1 N–H and O–H groups in total. The van der Waals surface area contributed by atoms with E-state index in [1.165, 1.54) is 45.2 Å². The van der Waals surface area contributed by atoms with Gasteiger partial charge in [0.25, 0.3) is 5.91 Å². The minimum Gasteiger partial charge on any atom is -0.493 e. The van der Waals surface area contributed by atoms with E-state index in [4.69, 9.17) is 26.2 Å². The van der Waals surface area contributed by atoms with Crippen LogP contribution in [0.2, 0.25) is 5.02 Å². The van der Waals surface area contributed by atoms with Gasteiger partial charge in [-0.1, -0.05) is 18.5 Å². The van der Waals surface area contributed by atoms with Crippen molar-refractivity contribution in [1.29, 1.82) is 0 Å². The van der Waals surface area contributed by atoms with Crippen LogP contribution >= 0.6 is 11.6 Å². The normalized spacial score (nSPS) is 11.7. The zero-order valence-corrected chi connectivity index (χ0v) is 13.1. The topological polar surface area (TPSA) is 76.1 Å². The third kappa shape index (κ3) is 4.01. The molecule has 1 amide bonds. The first kappa shape index (κ1) is 17.1. The summed E-state index contributed by atoms with van der Waals surface area (Å²) < 4.78 is 10.2. The molecule has 116 valence electrons. The van der Waals surface area contributed by atoms with Crippen molar-refractivity contribution < 1.29 is 24.2 Å². The Balaban J connectivity index is 3.02. The van der Waals surface area contributed by atoms with Crippen molar-refractivity contribution in [2.75, 3.05) is 27.8 Å². The Hall–Kier alpha value is -1.95. The molecule has 0 heterocycles. The zero-order valence-electron chi connectivity index (χ0n) is 12.3. The van der Waals surface area contributed by atoms with Gasteiger partial charge in [0.15, 0.2) is 11.5 Å². The maximum atomic E-state index is 12.3. The summed E-state index contributed by atoms with van der Waals surface area (Å²) in [5, 5.41) is 9.13. The molecule has 0 aliphatic heterocycles. The number of carboxylic acids is 1. The Kier molecular flexibility index (Phi) is 5.84. The molecule has 0 saturated carbocycles. The van der Waals surface area contributed by atoms with Crippen LogP contribution in [0.15, 0.2) is 12.1 Å². The molecule has 7 heteroatoms. The molecular weight excluding hydrogens is 298 g/mol. The summed E-state index contributed by atoms with van der Waals surface area (Å²) in [7, 11) is 4.43. The van der Waals surface area contributed by atoms with E-state index in [0.29, 0.717) is 17.1 Å². The summed E-state index contributed by atoms with van der Waals surface area (Å²) in [6.07, 6.45) is 0. The van der Waals surface area contributed by atoms with Gasteiger partial charge in [-0.05, 0) is 12.1 Å². The smallest absolute Gasteiger partial charge is 0.308 e. The summed E-state index contributed by atoms with van der Waals surface area (Å²) in [5.74, 6) is -1.27. The molecule has 0 bridgehead atoms. The van der Waals surface area contributed by atoms with Crippen molar-refractivity contribution in [2.45, 2.75) is 6.92 Å². The molecule has 21 heavy (non-hydrogen) atoms. The van der Waals surface area contributed by atoms with Crippen molar-refractivity contribution in [3.63, 3.8) is 0 Å². The van der Waals surface area contributed by atoms with Crippen molar-refractivity contribution in [3.05, 3.63) is 22.7 Å². The largest absolute Gasteiger partial charge is 0.493 e. The highest BCUT2D eigenvalue weighted by atomic mass is 35.5. The van der Waals surface area contributed by atoms with Gasteiger partial charge >= 0.3 is 5.97 Å². The van der Waals surface area contributed by atoms with Gasteiger partial charge in [-0.2, -0.15) is 0 Å². The van der Waals surface area contributed by atoms with Gasteiger partial charge in [0, 0.05) is 19.2 Å². The molecular formula is C14H18ClNO5. The number of carbonyl (C=O) groups excluding carboxylic acids is 1. The molecule has 0 saturated heterocycles. The average Bonchev–Trinajstić information content (AvgIpc) is 2.44. The van der Waals surface area contributed by atoms with Gasteiger partial charge in [0.2, 0.25) is 0 Å². The average molecular weight is 316 g/mol. The first-order valence-corrected chi connectivity index (χ1v) is 6.59. The fourth-order valence-electron chi connectivity index (χ4n) is 1.83. The highest BCUT2D eigenvalue weighted by Gasteiger charge is 2.21. The summed E-state index contributed by atoms with van der Waals surface area (Å²) >= 11 is 6.05. The van der Waals surface area contributed by atoms with E-state index in [9.17, 15) is 9.59 Å². The highest BCUT2D eigenvalue weighted by Crippen LogP contribution is 2.36. The van der Waals surface area contributed by atoms with Crippen molar-refractivity contribution >= 4 is 23.5 Å². The van der Waals surface area contributed by atoms with Gasteiger partial charge in [-0.25, -0.2) is 0 Å². The van der Waals surface area contributed by atoms with Gasteiger partial charge in [0.05, 0.1) is 25.2 Å². The number of benzene rings is 1. The van der Waals surface area contributed by atoms with Gasteiger partial charge in [-0.15, -0.1) is 0 Å². The maximum absolute atomic E-state index is 12.3. The second kappa shape index (κ2) is 7.17. The van der Waals surface area contributed by atoms with Crippen LogP contribution in [-0.2, 0) is 4.79 Å². The fraction of sp³-hybridized carbons (Fsp3) is 0.429. The Labute approximate surface area is 128 Å². The second-order valence-corrected chi connectivity index (χ2v) is 5.03. The molecule has 1 rings (SSSR count). The molecule has 0 unspecified atom stereocenters. The molecule has 1 atom stereocenters. The summed E-state index contributed by atoms with van der Waals surface area (Å²) in [5.41, 5.74) is 0.303. The van der Waals surface area contributed by atoms with E-state index in [1.54, 1.807) is 0 Å².